The third kappa shape index (κ3) is 4.54. The summed E-state index contributed by atoms with van der Waals surface area (Å²) in [4.78, 5) is 25.5. The molecule has 3 aromatic rings. The lowest BCUT2D eigenvalue weighted by Gasteiger charge is -2.20. The lowest BCUT2D eigenvalue weighted by molar-refractivity contribution is -0.303. The van der Waals surface area contributed by atoms with Crippen LogP contribution < -0.4 is 16.4 Å². The fourth-order valence-electron chi connectivity index (χ4n) is 3.70. The number of nitrogens with zero attached hydrogens (tertiary/aromatic N) is 4. The SMILES string of the molecule is CC1C=C(OC(F)(F)F)C=C(c2cc(=NC3CC3)n3ncc(=Cc4[nH]c(=O)[nH]c4O)c3n2)C1. The van der Waals surface area contributed by atoms with Gasteiger partial charge in [0.2, 0.25) is 5.88 Å². The van der Waals surface area contributed by atoms with E-state index in [2.05, 4.69) is 29.8 Å². The first-order valence-corrected chi connectivity index (χ1v) is 10.3. The summed E-state index contributed by atoms with van der Waals surface area (Å²) in [6.45, 7) is 1.80. The molecule has 3 aromatic heterocycles. The van der Waals surface area contributed by atoms with Crippen LogP contribution in [0.4, 0.5) is 13.2 Å². The summed E-state index contributed by atoms with van der Waals surface area (Å²) in [5, 5.41) is 14.7. The highest BCUT2D eigenvalue weighted by molar-refractivity contribution is 5.68. The number of ether oxygens (including phenoxy) is 1. The van der Waals surface area contributed by atoms with Gasteiger partial charge in [-0.05, 0) is 49.0 Å². The van der Waals surface area contributed by atoms with E-state index in [1.807, 2.05) is 0 Å². The highest BCUT2D eigenvalue weighted by atomic mass is 19.4. The maximum absolute atomic E-state index is 12.8. The molecule has 1 fully saturated rings. The van der Waals surface area contributed by atoms with Gasteiger partial charge in [-0.1, -0.05) is 6.92 Å². The van der Waals surface area contributed by atoms with E-state index in [1.165, 1.54) is 28.9 Å². The Morgan fingerprint density at radius 1 is 1.33 bits per heavy atom. The summed E-state index contributed by atoms with van der Waals surface area (Å²) < 4.78 is 44.0. The Kier molecular flexibility index (Phi) is 4.87. The second kappa shape index (κ2) is 7.64. The monoisotopic (exact) mass is 460 g/mol. The number of hydrogen-bond acceptors (Lipinski definition) is 6. The van der Waals surface area contributed by atoms with Crippen LogP contribution in [0.1, 0.15) is 37.6 Å². The van der Waals surface area contributed by atoms with Crippen LogP contribution in [0.5, 0.6) is 5.88 Å². The Bertz CT molecular complexity index is 1470. The number of aromatic nitrogens is 5. The number of alkyl halides is 3. The van der Waals surface area contributed by atoms with Gasteiger partial charge in [0.15, 0.2) is 11.1 Å². The summed E-state index contributed by atoms with van der Waals surface area (Å²) in [6, 6.07) is 1.86. The van der Waals surface area contributed by atoms with Crippen LogP contribution >= 0.6 is 0 Å². The van der Waals surface area contributed by atoms with E-state index in [4.69, 9.17) is 0 Å². The van der Waals surface area contributed by atoms with E-state index in [1.54, 1.807) is 13.0 Å². The van der Waals surface area contributed by atoms with Gasteiger partial charge >= 0.3 is 12.1 Å². The number of H-pyrrole nitrogens is 2. The fourth-order valence-corrected chi connectivity index (χ4v) is 3.70. The molecular weight excluding hydrogens is 441 g/mol. The van der Waals surface area contributed by atoms with Gasteiger partial charge in [0.25, 0.3) is 0 Å². The van der Waals surface area contributed by atoms with Gasteiger partial charge in [-0.2, -0.15) is 9.61 Å². The molecule has 1 unspecified atom stereocenters. The molecule has 5 rings (SSSR count). The summed E-state index contributed by atoms with van der Waals surface area (Å²) in [7, 11) is 0. The number of aromatic hydroxyl groups is 1. The van der Waals surface area contributed by atoms with Gasteiger partial charge in [-0.15, -0.1) is 13.2 Å². The van der Waals surface area contributed by atoms with Gasteiger partial charge in [0.05, 0.1) is 17.9 Å². The lowest BCUT2D eigenvalue weighted by Crippen LogP contribution is -2.21. The summed E-state index contributed by atoms with van der Waals surface area (Å²) in [6.07, 6.45) is 3.35. The smallest absolute Gasteiger partial charge is 0.493 e. The molecule has 0 amide bonds. The number of aromatic amines is 2. The van der Waals surface area contributed by atoms with E-state index in [-0.39, 0.29) is 29.3 Å². The molecule has 9 nitrogen and oxygen atoms in total. The Balaban J connectivity index is 1.68. The van der Waals surface area contributed by atoms with Crippen molar-refractivity contribution < 1.29 is 23.0 Å². The number of hydrogen-bond donors (Lipinski definition) is 3. The second-order valence-corrected chi connectivity index (χ2v) is 8.15. The normalized spacial score (nSPS) is 20.3. The van der Waals surface area contributed by atoms with Crippen molar-refractivity contribution in [3.63, 3.8) is 0 Å². The van der Waals surface area contributed by atoms with E-state index in [0.717, 1.165) is 12.8 Å². The molecule has 0 aliphatic heterocycles. The first-order valence-electron chi connectivity index (χ1n) is 10.3. The Morgan fingerprint density at radius 3 is 2.79 bits per heavy atom. The second-order valence-electron chi connectivity index (χ2n) is 8.15. The van der Waals surface area contributed by atoms with Crippen molar-refractivity contribution >= 4 is 17.3 Å². The predicted molar refractivity (Wildman–Crippen MR) is 110 cm³/mol. The Morgan fingerprint density at radius 2 is 2.12 bits per heavy atom. The molecule has 0 aromatic carbocycles. The van der Waals surface area contributed by atoms with Gasteiger partial charge in [0, 0.05) is 11.3 Å². The van der Waals surface area contributed by atoms with E-state index in [9.17, 15) is 23.1 Å². The minimum atomic E-state index is -4.79. The van der Waals surface area contributed by atoms with Crippen LogP contribution in [0.15, 0.2) is 40.0 Å². The van der Waals surface area contributed by atoms with Crippen LogP contribution in [-0.2, 0) is 4.74 Å². The van der Waals surface area contributed by atoms with Crippen LogP contribution in [0.2, 0.25) is 0 Å². The molecule has 33 heavy (non-hydrogen) atoms. The van der Waals surface area contributed by atoms with E-state index >= 15 is 0 Å². The number of imidazole rings is 1. The van der Waals surface area contributed by atoms with Crippen LogP contribution in [0.25, 0.3) is 17.3 Å². The molecule has 0 spiro atoms. The van der Waals surface area contributed by atoms with Crippen molar-refractivity contribution in [1.82, 2.24) is 24.6 Å². The van der Waals surface area contributed by atoms with E-state index < -0.39 is 12.1 Å². The Labute approximate surface area is 183 Å². The van der Waals surface area contributed by atoms with Crippen molar-refractivity contribution in [2.75, 3.05) is 0 Å². The van der Waals surface area contributed by atoms with E-state index in [0.29, 0.717) is 34.0 Å². The van der Waals surface area contributed by atoms with Crippen LogP contribution in [0, 0.1) is 5.92 Å². The standard InChI is InChI=1S/C21H19F3N6O3/c1-10-4-11(6-14(5-10)33-21(22,23)24)15-8-17(26-13-2-3-13)30-18(27-15)12(9-25-30)7-16-19(31)29-20(32)28-16/h5-10,13,31H,2-4H2,1H3,(H2,28,29,32). The van der Waals surface area contributed by atoms with Gasteiger partial charge in [-0.25, -0.2) is 9.78 Å². The molecule has 2 aliphatic carbocycles. The van der Waals surface area contributed by atoms with Gasteiger partial charge < -0.3 is 14.8 Å². The molecule has 1 saturated carbocycles. The molecular formula is C21H19F3N6O3. The zero-order valence-corrected chi connectivity index (χ0v) is 17.3. The quantitative estimate of drug-likeness (QED) is 0.549. The molecule has 0 saturated heterocycles. The molecule has 1 atom stereocenters. The maximum Gasteiger partial charge on any atom is 0.573 e. The Hall–Kier alpha value is -3.83. The minimum absolute atomic E-state index is 0.150. The lowest BCUT2D eigenvalue weighted by atomic mass is 9.93. The van der Waals surface area contributed by atoms with Crippen LogP contribution in [-0.4, -0.2) is 42.1 Å². The molecule has 3 N–H and O–H groups in total. The van der Waals surface area contributed by atoms with Crippen molar-refractivity contribution in [1.29, 1.82) is 0 Å². The minimum Gasteiger partial charge on any atom is -0.493 e. The summed E-state index contributed by atoms with van der Waals surface area (Å²) in [5.74, 6) is -0.808. The zero-order chi connectivity index (χ0) is 23.3. The van der Waals surface area contributed by atoms with Gasteiger partial charge in [0.1, 0.15) is 11.5 Å². The predicted octanol–water partition coefficient (Wildman–Crippen LogP) is 1.91. The molecule has 0 radical (unpaired) electrons. The topological polar surface area (TPSA) is 121 Å². The maximum atomic E-state index is 12.8. The molecule has 3 heterocycles. The van der Waals surface area contributed by atoms with Crippen LogP contribution in [0.3, 0.4) is 0 Å². The highest BCUT2D eigenvalue weighted by Gasteiger charge is 2.33. The molecule has 12 heteroatoms. The molecule has 0 bridgehead atoms. The first-order chi connectivity index (χ1) is 15.6. The van der Waals surface area contributed by atoms with Crippen molar-refractivity contribution in [2.24, 2.45) is 10.9 Å². The number of rotatable bonds is 4. The number of halogens is 3. The average molecular weight is 460 g/mol. The first kappa shape index (κ1) is 21.0. The van der Waals surface area contributed by atoms with Gasteiger partial charge in [-0.3, -0.25) is 9.98 Å². The largest absolute Gasteiger partial charge is 0.573 e. The highest BCUT2D eigenvalue weighted by Crippen LogP contribution is 2.32. The number of fused-ring (bicyclic) bond motifs is 1. The fraction of sp³-hybridized carbons (Fsp3) is 0.333. The third-order valence-electron chi connectivity index (χ3n) is 5.25. The van der Waals surface area contributed by atoms with Crippen molar-refractivity contribution in [2.45, 2.75) is 38.6 Å². The third-order valence-corrected chi connectivity index (χ3v) is 5.25. The number of allylic oxidation sites excluding steroid dienone is 3. The average Bonchev–Trinajstić information content (AvgIpc) is 3.34. The summed E-state index contributed by atoms with van der Waals surface area (Å²) >= 11 is 0. The number of nitrogens with one attached hydrogen (secondary N) is 2. The van der Waals surface area contributed by atoms with Crippen molar-refractivity contribution in [3.05, 3.63) is 62.8 Å². The zero-order valence-electron chi connectivity index (χ0n) is 17.3. The molecule has 172 valence electrons. The molecule has 2 aliphatic rings. The summed E-state index contributed by atoms with van der Waals surface area (Å²) in [5.41, 5.74) is 1.51. The van der Waals surface area contributed by atoms with Crippen molar-refractivity contribution in [3.8, 4) is 5.88 Å².